The van der Waals surface area contributed by atoms with Gasteiger partial charge in [-0.3, -0.25) is 4.98 Å². The van der Waals surface area contributed by atoms with Crippen molar-refractivity contribution in [1.29, 1.82) is 0 Å². The molecule has 7 aromatic heterocycles. The maximum atomic E-state index is 4.72. The minimum Gasteiger partial charge on any atom is -0.308 e. The number of hydrogen-bond donors (Lipinski definition) is 0. The van der Waals surface area contributed by atoms with Crippen molar-refractivity contribution >= 4 is 16.9 Å². The van der Waals surface area contributed by atoms with Crippen LogP contribution >= 0.6 is 0 Å². The van der Waals surface area contributed by atoms with Gasteiger partial charge in [0.05, 0.1) is 29.5 Å². The van der Waals surface area contributed by atoms with Crippen molar-refractivity contribution in [1.82, 2.24) is 43.6 Å². The fraction of sp³-hybridized carbons (Fsp3) is 0.500. The van der Waals surface area contributed by atoms with Crippen molar-refractivity contribution in [2.45, 2.75) is 158 Å². The van der Waals surface area contributed by atoms with E-state index in [2.05, 4.69) is 171 Å². The third kappa shape index (κ3) is 11.1. The van der Waals surface area contributed by atoms with Crippen LogP contribution in [0.15, 0.2) is 79.9 Å². The molecule has 0 aliphatic heterocycles. The highest BCUT2D eigenvalue weighted by Gasteiger charge is 2.16. The Morgan fingerprint density at radius 3 is 1.53 bits per heavy atom. The molecule has 9 nitrogen and oxygen atoms in total. The first kappa shape index (κ1) is 44.8. The zero-order valence-corrected chi connectivity index (χ0v) is 37.6. The molecule has 0 radical (unpaired) electrons. The summed E-state index contributed by atoms with van der Waals surface area (Å²) < 4.78 is 5.91. The molecule has 7 aromatic rings. The molecular weight excluding hydrogens is 703 g/mol. The van der Waals surface area contributed by atoms with Crippen molar-refractivity contribution in [2.75, 3.05) is 0 Å². The van der Waals surface area contributed by atoms with Crippen LogP contribution in [-0.2, 0) is 0 Å². The van der Waals surface area contributed by atoms with Crippen LogP contribution in [0, 0.1) is 0 Å². The molecule has 0 bridgehead atoms. The van der Waals surface area contributed by atoms with Crippen LogP contribution in [0.2, 0.25) is 0 Å². The van der Waals surface area contributed by atoms with E-state index in [-0.39, 0.29) is 0 Å². The molecule has 7 heterocycles. The van der Waals surface area contributed by atoms with Gasteiger partial charge in [-0.15, -0.1) is 0 Å². The maximum absolute atomic E-state index is 4.72. The van der Waals surface area contributed by atoms with E-state index in [0.717, 1.165) is 16.9 Å². The van der Waals surface area contributed by atoms with E-state index in [1.54, 1.807) is 12.4 Å². The van der Waals surface area contributed by atoms with Gasteiger partial charge in [-0.05, 0) is 93.4 Å². The molecule has 306 valence electrons. The molecule has 0 aromatic carbocycles. The smallest absolute Gasteiger partial charge is 0.155 e. The molecule has 0 aliphatic rings. The van der Waals surface area contributed by atoms with Crippen molar-refractivity contribution in [3.63, 3.8) is 0 Å². The highest BCUT2D eigenvalue weighted by atomic mass is 15.3. The molecule has 9 heteroatoms. The van der Waals surface area contributed by atoms with Gasteiger partial charge in [0.1, 0.15) is 5.65 Å². The third-order valence-electron chi connectivity index (χ3n) is 10.1. The molecule has 0 fully saturated rings. The molecule has 0 spiro atoms. The zero-order chi connectivity index (χ0) is 42.1. The lowest BCUT2D eigenvalue weighted by molar-refractivity contribution is 0.702. The molecule has 0 N–H and O–H groups in total. The van der Waals surface area contributed by atoms with Gasteiger partial charge in [0.25, 0.3) is 0 Å². The van der Waals surface area contributed by atoms with Crippen LogP contribution in [0.25, 0.3) is 16.9 Å². The standard InChI is InChI=1S/C13H18N2.2C12H17N3.C11H17N/c1-9(2)11-8-15-7-5-6-12(15)14-13(11)10(3)4;1-8(2)10-7-13-11-5-6-14-15(11)12(10)9(3)4;1-8(2)10-7-15-11(5-6-13-15)14-12(10)9(3)4;1-8(2)10-5-6-12-7-11(10)9(3)4/h5-10H,1-4H3;2*5-9H,1-4H3;5-9H,1-4H3. The number of pyridine rings is 1. The zero-order valence-electron chi connectivity index (χ0n) is 37.6. The Kier molecular flexibility index (Phi) is 15.7. The highest BCUT2D eigenvalue weighted by molar-refractivity contribution is 5.44. The van der Waals surface area contributed by atoms with Gasteiger partial charge in [0, 0.05) is 49.3 Å². The van der Waals surface area contributed by atoms with Crippen LogP contribution in [0.3, 0.4) is 0 Å². The Morgan fingerprint density at radius 1 is 0.439 bits per heavy atom. The molecule has 57 heavy (non-hydrogen) atoms. The topological polar surface area (TPSA) is 90.6 Å². The van der Waals surface area contributed by atoms with Gasteiger partial charge in [-0.25, -0.2) is 24.0 Å². The van der Waals surface area contributed by atoms with Gasteiger partial charge in [0.15, 0.2) is 11.3 Å². The van der Waals surface area contributed by atoms with Crippen LogP contribution < -0.4 is 0 Å². The summed E-state index contributed by atoms with van der Waals surface area (Å²) in [5.41, 5.74) is 13.4. The van der Waals surface area contributed by atoms with E-state index in [9.17, 15) is 0 Å². The Labute approximate surface area is 342 Å². The first-order chi connectivity index (χ1) is 26.9. The van der Waals surface area contributed by atoms with Gasteiger partial charge in [-0.2, -0.15) is 10.2 Å². The number of fused-ring (bicyclic) bond motifs is 3. The summed E-state index contributed by atoms with van der Waals surface area (Å²) in [6.45, 7) is 35.2. The van der Waals surface area contributed by atoms with E-state index >= 15 is 0 Å². The first-order valence-corrected chi connectivity index (χ1v) is 21.0. The molecule has 0 saturated carbocycles. The Morgan fingerprint density at radius 2 is 0.982 bits per heavy atom. The molecule has 0 saturated heterocycles. The SMILES string of the molecule is CC(C)c1ccncc1C(C)C.CC(C)c1cn2cccc2nc1C(C)C.CC(C)c1cn2nccc2nc1C(C)C.CC(C)c1cnc2ccnn2c1C(C)C. The number of nitrogens with zero attached hydrogens (tertiary/aromatic N) is 9. The Bertz CT molecular complexity index is 2080. The fourth-order valence-corrected chi connectivity index (χ4v) is 7.04. The lowest BCUT2D eigenvalue weighted by Gasteiger charge is -2.16. The molecule has 7 rings (SSSR count). The summed E-state index contributed by atoms with van der Waals surface area (Å²) in [4.78, 5) is 17.9. The van der Waals surface area contributed by atoms with Crippen LogP contribution in [0.4, 0.5) is 0 Å². The predicted octanol–water partition coefficient (Wildman–Crippen LogP) is 12.9. The van der Waals surface area contributed by atoms with Crippen LogP contribution in [0.1, 0.15) is 203 Å². The molecule has 0 atom stereocenters. The first-order valence-electron chi connectivity index (χ1n) is 21.0. The minimum absolute atomic E-state index is 0.460. The lowest BCUT2D eigenvalue weighted by atomic mass is 9.93. The average molecular weight is 772 g/mol. The number of aromatic nitrogens is 9. The molecule has 0 unspecified atom stereocenters. The quantitative estimate of drug-likeness (QED) is 0.153. The molecule has 0 amide bonds. The lowest BCUT2D eigenvalue weighted by Crippen LogP contribution is -2.08. The van der Waals surface area contributed by atoms with E-state index in [0.29, 0.717) is 47.3 Å². The predicted molar refractivity (Wildman–Crippen MR) is 238 cm³/mol. The van der Waals surface area contributed by atoms with E-state index < -0.39 is 0 Å². The van der Waals surface area contributed by atoms with Crippen LogP contribution in [0.5, 0.6) is 0 Å². The van der Waals surface area contributed by atoms with Gasteiger partial charge < -0.3 is 4.40 Å². The maximum Gasteiger partial charge on any atom is 0.155 e. The van der Waals surface area contributed by atoms with E-state index in [1.165, 1.54) is 44.9 Å². The van der Waals surface area contributed by atoms with Gasteiger partial charge >= 0.3 is 0 Å². The van der Waals surface area contributed by atoms with Crippen molar-refractivity contribution < 1.29 is 0 Å². The van der Waals surface area contributed by atoms with Crippen molar-refractivity contribution in [3.8, 4) is 0 Å². The highest BCUT2D eigenvalue weighted by Crippen LogP contribution is 2.28. The second-order valence-corrected chi connectivity index (χ2v) is 17.5. The summed E-state index contributed by atoms with van der Waals surface area (Å²) >= 11 is 0. The summed E-state index contributed by atoms with van der Waals surface area (Å²) in [7, 11) is 0. The van der Waals surface area contributed by atoms with E-state index in [1.807, 2.05) is 45.8 Å². The van der Waals surface area contributed by atoms with E-state index in [4.69, 9.17) is 4.98 Å². The second-order valence-electron chi connectivity index (χ2n) is 17.5. The number of hydrogen-bond acceptors (Lipinski definition) is 6. The van der Waals surface area contributed by atoms with Gasteiger partial charge in [-0.1, -0.05) is 111 Å². The second kappa shape index (κ2) is 20.0. The van der Waals surface area contributed by atoms with Crippen molar-refractivity contribution in [3.05, 3.63) is 125 Å². The largest absolute Gasteiger partial charge is 0.308 e. The normalized spacial score (nSPS) is 11.7. The Balaban J connectivity index is 0.000000169. The monoisotopic (exact) mass is 772 g/mol. The van der Waals surface area contributed by atoms with Crippen molar-refractivity contribution in [2.24, 2.45) is 0 Å². The summed E-state index contributed by atoms with van der Waals surface area (Å²) in [5, 5.41) is 8.55. The molecular formula is C48H69N9. The number of rotatable bonds is 8. The molecule has 0 aliphatic carbocycles. The summed E-state index contributed by atoms with van der Waals surface area (Å²) in [6, 6.07) is 10.1. The average Bonchev–Trinajstić information content (AvgIpc) is 3.94. The van der Waals surface area contributed by atoms with Crippen LogP contribution in [-0.4, -0.2) is 43.6 Å². The third-order valence-corrected chi connectivity index (χ3v) is 10.1. The minimum atomic E-state index is 0.460. The summed E-state index contributed by atoms with van der Waals surface area (Å²) in [6.07, 6.45) is 15.8. The fourth-order valence-electron chi connectivity index (χ4n) is 7.04. The summed E-state index contributed by atoms with van der Waals surface area (Å²) in [5.74, 6) is 4.10. The Hall–Kier alpha value is -4.92. The van der Waals surface area contributed by atoms with Gasteiger partial charge in [0.2, 0.25) is 0 Å².